The van der Waals surface area contributed by atoms with Crippen LogP contribution < -0.4 is 5.32 Å². The summed E-state index contributed by atoms with van der Waals surface area (Å²) in [4.78, 5) is 29.0. The Balaban J connectivity index is 1.93. The maximum absolute atomic E-state index is 13.0. The highest BCUT2D eigenvalue weighted by molar-refractivity contribution is 5.77. The average Bonchev–Trinajstić information content (AvgIpc) is 2.66. The van der Waals surface area contributed by atoms with Crippen molar-refractivity contribution in [1.82, 2.24) is 15.1 Å². The molecule has 2 rings (SSSR count). The summed E-state index contributed by atoms with van der Waals surface area (Å²) in [5.74, 6) is 0.0191. The first-order valence-electron chi connectivity index (χ1n) is 10.3. The Morgan fingerprint density at radius 3 is 2.48 bits per heavy atom. The van der Waals surface area contributed by atoms with Crippen molar-refractivity contribution in [1.29, 1.82) is 0 Å². The molecule has 0 aromatic heterocycles. The van der Waals surface area contributed by atoms with Crippen molar-refractivity contribution in [3.05, 3.63) is 35.9 Å². The average molecular weight is 406 g/mol. The molecule has 1 saturated heterocycles. The van der Waals surface area contributed by atoms with Gasteiger partial charge in [-0.25, -0.2) is 4.79 Å². The predicted molar refractivity (Wildman–Crippen MR) is 113 cm³/mol. The molecule has 1 fully saturated rings. The van der Waals surface area contributed by atoms with Crippen LogP contribution >= 0.6 is 0 Å². The minimum Gasteiger partial charge on any atom is -0.444 e. The minimum absolute atomic E-state index is 0.0191. The van der Waals surface area contributed by atoms with Gasteiger partial charge in [0, 0.05) is 45.2 Å². The van der Waals surface area contributed by atoms with Gasteiger partial charge in [-0.05, 0) is 33.3 Å². The highest BCUT2D eigenvalue weighted by Gasteiger charge is 2.24. The van der Waals surface area contributed by atoms with Gasteiger partial charge in [0.1, 0.15) is 5.60 Å². The highest BCUT2D eigenvalue weighted by Crippen LogP contribution is 2.13. The monoisotopic (exact) mass is 405 g/mol. The lowest BCUT2D eigenvalue weighted by atomic mass is 10.1. The highest BCUT2D eigenvalue weighted by atomic mass is 16.6. The lowest BCUT2D eigenvalue weighted by molar-refractivity contribution is -0.134. The molecule has 0 bridgehead atoms. The molecule has 1 aromatic carbocycles. The molecule has 1 unspecified atom stereocenters. The second kappa shape index (κ2) is 11.2. The number of nitrogens with zero attached hydrogens (tertiary/aromatic N) is 2. The molecule has 162 valence electrons. The van der Waals surface area contributed by atoms with Crippen LogP contribution in [0.25, 0.3) is 0 Å². The summed E-state index contributed by atoms with van der Waals surface area (Å²) < 4.78 is 10.7. The predicted octanol–water partition coefficient (Wildman–Crippen LogP) is 2.65. The molecule has 29 heavy (non-hydrogen) atoms. The zero-order chi connectivity index (χ0) is 21.3. The van der Waals surface area contributed by atoms with E-state index >= 15 is 0 Å². The van der Waals surface area contributed by atoms with Crippen LogP contribution in [-0.2, 0) is 20.8 Å². The minimum atomic E-state index is -0.555. The molecule has 0 radical (unpaired) electrons. The van der Waals surface area contributed by atoms with Gasteiger partial charge in [-0.15, -0.1) is 0 Å². The van der Waals surface area contributed by atoms with E-state index in [4.69, 9.17) is 9.47 Å². The van der Waals surface area contributed by atoms with E-state index in [1.165, 1.54) is 0 Å². The van der Waals surface area contributed by atoms with Gasteiger partial charge < -0.3 is 19.7 Å². The molecule has 1 N–H and O–H groups in total. The molecule has 7 heteroatoms. The number of carbonyl (C=O) groups is 2. The maximum Gasteiger partial charge on any atom is 0.407 e. The zero-order valence-electron chi connectivity index (χ0n) is 18.1. The van der Waals surface area contributed by atoms with E-state index < -0.39 is 11.7 Å². The summed E-state index contributed by atoms with van der Waals surface area (Å²) in [7, 11) is 0. The number of hydrogen-bond donors (Lipinski definition) is 1. The van der Waals surface area contributed by atoms with Crippen molar-refractivity contribution in [2.24, 2.45) is 0 Å². The van der Waals surface area contributed by atoms with Crippen molar-refractivity contribution in [3.63, 3.8) is 0 Å². The maximum atomic E-state index is 13.0. The Morgan fingerprint density at radius 1 is 1.21 bits per heavy atom. The number of morpholine rings is 1. The Kier molecular flexibility index (Phi) is 8.92. The molecular weight excluding hydrogens is 370 g/mol. The van der Waals surface area contributed by atoms with Gasteiger partial charge in [-0.2, -0.15) is 0 Å². The third-order valence-corrected chi connectivity index (χ3v) is 4.68. The van der Waals surface area contributed by atoms with E-state index in [9.17, 15) is 9.59 Å². The van der Waals surface area contributed by atoms with Crippen LogP contribution in [0.1, 0.15) is 39.7 Å². The van der Waals surface area contributed by atoms with E-state index in [2.05, 4.69) is 17.1 Å². The van der Waals surface area contributed by atoms with Crippen LogP contribution in [0.5, 0.6) is 0 Å². The lowest BCUT2D eigenvalue weighted by Crippen LogP contribution is -2.48. The molecule has 0 saturated carbocycles. The van der Waals surface area contributed by atoms with Crippen molar-refractivity contribution in [2.75, 3.05) is 39.4 Å². The Bertz CT molecular complexity index is 639. The van der Waals surface area contributed by atoms with Crippen LogP contribution in [0.4, 0.5) is 4.79 Å². The molecule has 1 heterocycles. The van der Waals surface area contributed by atoms with Gasteiger partial charge in [-0.1, -0.05) is 30.3 Å². The summed E-state index contributed by atoms with van der Waals surface area (Å²) in [6.45, 7) is 12.4. The first kappa shape index (κ1) is 23.2. The topological polar surface area (TPSA) is 71.1 Å². The molecule has 2 amide bonds. The van der Waals surface area contributed by atoms with Crippen LogP contribution in [0.3, 0.4) is 0 Å². The Morgan fingerprint density at radius 2 is 1.86 bits per heavy atom. The second-order valence-electron chi connectivity index (χ2n) is 8.45. The number of carbonyl (C=O) groups excluding carboxylic acids is 2. The summed E-state index contributed by atoms with van der Waals surface area (Å²) in [5.41, 5.74) is 0.537. The number of alkyl carbamates (subject to hydrolysis) is 1. The van der Waals surface area contributed by atoms with Crippen molar-refractivity contribution < 1.29 is 19.1 Å². The van der Waals surface area contributed by atoms with E-state index in [1.807, 2.05) is 56.0 Å². The molecule has 0 spiro atoms. The van der Waals surface area contributed by atoms with Gasteiger partial charge in [0.15, 0.2) is 0 Å². The number of nitrogens with one attached hydrogen (secondary N) is 1. The van der Waals surface area contributed by atoms with E-state index in [0.29, 0.717) is 6.54 Å². The van der Waals surface area contributed by atoms with Crippen LogP contribution in [0.2, 0.25) is 0 Å². The summed E-state index contributed by atoms with van der Waals surface area (Å²) >= 11 is 0. The summed E-state index contributed by atoms with van der Waals surface area (Å²) in [6, 6.07) is 10.0. The number of amides is 2. The standard InChI is InChI=1S/C22H35N3O4/c1-18(16-24-12-14-28-15-13-24)25(17-19-8-6-5-7-9-19)20(26)10-11-23-21(27)29-22(2,3)4/h5-9,18H,10-17H2,1-4H3,(H,23,27). The van der Waals surface area contributed by atoms with Gasteiger partial charge in [0.05, 0.1) is 13.2 Å². The molecule has 1 aliphatic heterocycles. The van der Waals surface area contributed by atoms with E-state index in [0.717, 1.165) is 38.4 Å². The molecule has 0 aliphatic carbocycles. The van der Waals surface area contributed by atoms with Crippen LogP contribution in [0, 0.1) is 0 Å². The molecular formula is C22H35N3O4. The van der Waals surface area contributed by atoms with Crippen molar-refractivity contribution in [3.8, 4) is 0 Å². The zero-order valence-corrected chi connectivity index (χ0v) is 18.1. The number of benzene rings is 1. The second-order valence-corrected chi connectivity index (χ2v) is 8.45. The molecule has 1 atom stereocenters. The fourth-order valence-corrected chi connectivity index (χ4v) is 3.26. The quantitative estimate of drug-likeness (QED) is 0.720. The van der Waals surface area contributed by atoms with Crippen molar-refractivity contribution >= 4 is 12.0 Å². The fraction of sp³-hybridized carbons (Fsp3) is 0.636. The van der Waals surface area contributed by atoms with Gasteiger partial charge in [0.2, 0.25) is 5.91 Å². The summed E-state index contributed by atoms with van der Waals surface area (Å²) in [5, 5.41) is 2.67. The molecule has 1 aromatic rings. The first-order chi connectivity index (χ1) is 13.7. The SMILES string of the molecule is CC(CN1CCOCC1)N(Cc1ccccc1)C(=O)CCNC(=O)OC(C)(C)C. The largest absolute Gasteiger partial charge is 0.444 e. The fourth-order valence-electron chi connectivity index (χ4n) is 3.26. The number of hydrogen-bond acceptors (Lipinski definition) is 5. The number of rotatable bonds is 8. The van der Waals surface area contributed by atoms with E-state index in [-0.39, 0.29) is 24.9 Å². The third-order valence-electron chi connectivity index (χ3n) is 4.68. The van der Waals surface area contributed by atoms with Crippen molar-refractivity contribution in [2.45, 2.75) is 52.3 Å². The summed E-state index contributed by atoms with van der Waals surface area (Å²) in [6.07, 6.45) is -0.263. The first-order valence-corrected chi connectivity index (χ1v) is 10.3. The van der Waals surface area contributed by atoms with Crippen LogP contribution in [0.15, 0.2) is 30.3 Å². The van der Waals surface area contributed by atoms with Gasteiger partial charge in [-0.3, -0.25) is 9.69 Å². The van der Waals surface area contributed by atoms with Crippen LogP contribution in [-0.4, -0.2) is 72.8 Å². The third kappa shape index (κ3) is 8.83. The normalized spacial score (nSPS) is 16.1. The van der Waals surface area contributed by atoms with Gasteiger partial charge >= 0.3 is 6.09 Å². The Labute approximate surface area is 174 Å². The Hall–Kier alpha value is -2.12. The number of ether oxygens (including phenoxy) is 2. The smallest absolute Gasteiger partial charge is 0.407 e. The molecule has 7 nitrogen and oxygen atoms in total. The molecule has 1 aliphatic rings. The van der Waals surface area contributed by atoms with Gasteiger partial charge in [0.25, 0.3) is 0 Å². The lowest BCUT2D eigenvalue weighted by Gasteiger charge is -2.35. The van der Waals surface area contributed by atoms with E-state index in [1.54, 1.807) is 0 Å².